The number of hydrogen-bond acceptors (Lipinski definition) is 7. The third-order valence-electron chi connectivity index (χ3n) is 6.91. The zero-order valence-electron chi connectivity index (χ0n) is 22.8. The van der Waals surface area contributed by atoms with E-state index in [1.165, 1.54) is 25.1 Å². The van der Waals surface area contributed by atoms with E-state index in [0.717, 1.165) is 23.4 Å². The first-order chi connectivity index (χ1) is 19.4. The Morgan fingerprint density at radius 3 is 2.30 bits per heavy atom. The van der Waals surface area contributed by atoms with Crippen LogP contribution in [0.3, 0.4) is 0 Å². The molecule has 8 heteroatoms. The first-order valence-corrected chi connectivity index (χ1v) is 13.4. The SMILES string of the molecule is COC(=O)CC(c1ccc(-c2ccccc2)cc1)N(C(C)=O)C1(C(=O)CCCCNc2ccccn2)C=CC=N1. The van der Waals surface area contributed by atoms with Crippen molar-refractivity contribution in [1.82, 2.24) is 9.88 Å². The van der Waals surface area contributed by atoms with Gasteiger partial charge < -0.3 is 15.0 Å². The molecule has 206 valence electrons. The number of amides is 1. The van der Waals surface area contributed by atoms with Gasteiger partial charge in [0.15, 0.2) is 5.78 Å². The monoisotopic (exact) mass is 538 g/mol. The van der Waals surface area contributed by atoms with Gasteiger partial charge in [0.05, 0.1) is 19.6 Å². The van der Waals surface area contributed by atoms with Gasteiger partial charge in [0, 0.05) is 32.3 Å². The molecule has 0 fully saturated rings. The molecule has 3 aromatic rings. The van der Waals surface area contributed by atoms with Crippen LogP contribution in [-0.4, -0.2) is 53.1 Å². The molecule has 1 aromatic heterocycles. The minimum Gasteiger partial charge on any atom is -0.469 e. The van der Waals surface area contributed by atoms with E-state index in [0.29, 0.717) is 18.5 Å². The van der Waals surface area contributed by atoms with Crippen LogP contribution < -0.4 is 5.32 Å². The summed E-state index contributed by atoms with van der Waals surface area (Å²) in [6.45, 7) is 2.06. The van der Waals surface area contributed by atoms with E-state index in [1.54, 1.807) is 18.3 Å². The number of aromatic nitrogens is 1. The molecule has 1 N–H and O–H groups in total. The van der Waals surface area contributed by atoms with E-state index in [2.05, 4.69) is 15.3 Å². The predicted molar refractivity (Wildman–Crippen MR) is 156 cm³/mol. The van der Waals surface area contributed by atoms with Crippen molar-refractivity contribution >= 4 is 29.7 Å². The van der Waals surface area contributed by atoms with Crippen molar-refractivity contribution in [1.29, 1.82) is 0 Å². The number of methoxy groups -OCH3 is 1. The maximum absolute atomic E-state index is 13.8. The lowest BCUT2D eigenvalue weighted by Crippen LogP contribution is -2.55. The van der Waals surface area contributed by atoms with E-state index < -0.39 is 17.7 Å². The minimum atomic E-state index is -1.53. The molecule has 8 nitrogen and oxygen atoms in total. The Hall–Kier alpha value is -4.59. The van der Waals surface area contributed by atoms with E-state index in [-0.39, 0.29) is 24.5 Å². The molecule has 4 rings (SSSR count). The van der Waals surface area contributed by atoms with Crippen molar-refractivity contribution in [2.45, 2.75) is 44.3 Å². The number of Topliss-reactive ketones (excluding diaryl/α,β-unsaturated/α-hetero) is 1. The van der Waals surface area contributed by atoms with Crippen molar-refractivity contribution in [3.05, 3.63) is 96.7 Å². The van der Waals surface area contributed by atoms with E-state index in [1.807, 2.05) is 72.8 Å². The number of benzene rings is 2. The number of anilines is 1. The molecule has 0 spiro atoms. The lowest BCUT2D eigenvalue weighted by Gasteiger charge is -2.41. The Bertz CT molecular complexity index is 1340. The van der Waals surface area contributed by atoms with Crippen LogP contribution in [0.25, 0.3) is 11.1 Å². The average molecular weight is 539 g/mol. The second kappa shape index (κ2) is 13.5. The molecule has 1 amide bonds. The second-order valence-corrected chi connectivity index (χ2v) is 9.56. The lowest BCUT2D eigenvalue weighted by molar-refractivity contribution is -0.150. The van der Waals surface area contributed by atoms with Crippen molar-refractivity contribution in [2.24, 2.45) is 4.99 Å². The molecular formula is C32H34N4O4. The zero-order valence-corrected chi connectivity index (χ0v) is 22.8. The average Bonchev–Trinajstić information content (AvgIpc) is 3.48. The normalized spacial score (nSPS) is 16.4. The summed E-state index contributed by atoms with van der Waals surface area (Å²) in [6, 6.07) is 22.5. The number of rotatable bonds is 13. The second-order valence-electron chi connectivity index (χ2n) is 9.56. The highest BCUT2D eigenvalue weighted by Crippen LogP contribution is 2.37. The highest BCUT2D eigenvalue weighted by atomic mass is 16.5. The molecule has 2 unspecified atom stereocenters. The van der Waals surface area contributed by atoms with E-state index in [4.69, 9.17) is 4.74 Å². The van der Waals surface area contributed by atoms with Crippen LogP contribution in [0, 0.1) is 0 Å². The fourth-order valence-electron chi connectivity index (χ4n) is 4.92. The number of aliphatic imine (C=N–C) groups is 1. The number of carbonyl (C=O) groups is 3. The Morgan fingerprint density at radius 1 is 0.950 bits per heavy atom. The van der Waals surface area contributed by atoms with Gasteiger partial charge in [0.1, 0.15) is 5.82 Å². The molecule has 40 heavy (non-hydrogen) atoms. The number of ether oxygens (including phenoxy) is 1. The predicted octanol–water partition coefficient (Wildman–Crippen LogP) is 5.39. The fourth-order valence-corrected chi connectivity index (χ4v) is 4.92. The Balaban J connectivity index is 1.56. The van der Waals surface area contributed by atoms with Crippen LogP contribution in [0.5, 0.6) is 0 Å². The quantitative estimate of drug-likeness (QED) is 0.231. The molecule has 2 aromatic carbocycles. The smallest absolute Gasteiger partial charge is 0.307 e. The van der Waals surface area contributed by atoms with Crippen molar-refractivity contribution < 1.29 is 19.1 Å². The van der Waals surface area contributed by atoms with Crippen LogP contribution in [0.1, 0.15) is 44.2 Å². The molecule has 1 aliphatic heterocycles. The van der Waals surface area contributed by atoms with Gasteiger partial charge in [-0.3, -0.25) is 19.4 Å². The number of pyridine rings is 1. The minimum absolute atomic E-state index is 0.118. The third-order valence-corrected chi connectivity index (χ3v) is 6.91. The molecule has 0 saturated carbocycles. The van der Waals surface area contributed by atoms with Gasteiger partial charge in [-0.15, -0.1) is 0 Å². The van der Waals surface area contributed by atoms with Gasteiger partial charge in [-0.05, 0) is 53.8 Å². The lowest BCUT2D eigenvalue weighted by atomic mass is 9.92. The van der Waals surface area contributed by atoms with Gasteiger partial charge in [-0.2, -0.15) is 0 Å². The summed E-state index contributed by atoms with van der Waals surface area (Å²) in [5.41, 5.74) is 1.23. The summed E-state index contributed by atoms with van der Waals surface area (Å²) in [4.78, 5) is 49.7. The van der Waals surface area contributed by atoms with E-state index in [9.17, 15) is 14.4 Å². The molecule has 0 radical (unpaired) electrons. The highest BCUT2D eigenvalue weighted by molar-refractivity contribution is 5.98. The Labute approximate surface area is 234 Å². The first-order valence-electron chi connectivity index (χ1n) is 13.4. The molecule has 2 atom stereocenters. The van der Waals surface area contributed by atoms with Gasteiger partial charge in [0.2, 0.25) is 11.6 Å². The first kappa shape index (κ1) is 28.4. The van der Waals surface area contributed by atoms with Crippen molar-refractivity contribution in [3.8, 4) is 11.1 Å². The van der Waals surface area contributed by atoms with Gasteiger partial charge in [0.25, 0.3) is 0 Å². The molecule has 2 heterocycles. The number of carbonyl (C=O) groups excluding carboxylic acids is 3. The maximum Gasteiger partial charge on any atom is 0.307 e. The van der Waals surface area contributed by atoms with Crippen LogP contribution >= 0.6 is 0 Å². The topological polar surface area (TPSA) is 101 Å². The summed E-state index contributed by atoms with van der Waals surface area (Å²) < 4.78 is 4.98. The summed E-state index contributed by atoms with van der Waals surface area (Å²) in [6.07, 6.45) is 8.00. The van der Waals surface area contributed by atoms with Crippen LogP contribution in [0.4, 0.5) is 5.82 Å². The van der Waals surface area contributed by atoms with Crippen LogP contribution in [0.2, 0.25) is 0 Å². The summed E-state index contributed by atoms with van der Waals surface area (Å²) in [5, 5.41) is 3.24. The fraction of sp³-hybridized carbons (Fsp3) is 0.281. The zero-order chi connectivity index (χ0) is 28.4. The summed E-state index contributed by atoms with van der Waals surface area (Å²) >= 11 is 0. The van der Waals surface area contributed by atoms with Crippen LogP contribution in [-0.2, 0) is 19.1 Å². The van der Waals surface area contributed by atoms with Crippen molar-refractivity contribution in [2.75, 3.05) is 19.0 Å². The number of nitrogens with zero attached hydrogens (tertiary/aromatic N) is 3. The molecular weight excluding hydrogens is 504 g/mol. The number of esters is 1. The van der Waals surface area contributed by atoms with Gasteiger partial charge in [-0.25, -0.2) is 4.98 Å². The number of nitrogens with one attached hydrogen (secondary N) is 1. The third kappa shape index (κ3) is 6.69. The largest absolute Gasteiger partial charge is 0.469 e. The molecule has 1 aliphatic rings. The standard InChI is InChI=1S/C32H34N4O4/c1-24(37)36(28(23-31(39)40-2)27-17-15-26(16-18-27)25-11-4-3-5-12-25)32(19-10-22-35-32)29(38)13-6-8-20-33-30-14-7-9-21-34-30/h3-5,7,9-12,14-19,21-22,28H,6,8,13,20,23H2,1-2H3,(H,33,34). The van der Waals surface area contributed by atoms with E-state index >= 15 is 0 Å². The number of unbranched alkanes of at least 4 members (excludes halogenated alkanes) is 1. The summed E-state index contributed by atoms with van der Waals surface area (Å²) in [5.74, 6) is -0.283. The van der Waals surface area contributed by atoms with Gasteiger partial charge >= 0.3 is 5.97 Å². The molecule has 0 bridgehead atoms. The number of allylic oxidation sites excluding steroid dienone is 1. The Morgan fingerprint density at radius 2 is 1.68 bits per heavy atom. The van der Waals surface area contributed by atoms with Crippen molar-refractivity contribution in [3.63, 3.8) is 0 Å². The molecule has 0 aliphatic carbocycles. The maximum atomic E-state index is 13.8. The molecule has 0 saturated heterocycles. The van der Waals surface area contributed by atoms with Crippen LogP contribution in [0.15, 0.2) is 96.1 Å². The Kier molecular flexibility index (Phi) is 9.57. The summed E-state index contributed by atoms with van der Waals surface area (Å²) in [7, 11) is 1.31. The highest BCUT2D eigenvalue weighted by Gasteiger charge is 2.47. The number of ketones is 1. The van der Waals surface area contributed by atoms with Gasteiger partial charge in [-0.1, -0.05) is 60.7 Å². The number of hydrogen-bond donors (Lipinski definition) is 1.